The molecule has 2 aromatic rings. The number of nitrogens with two attached hydrogens (primary N) is 2. The summed E-state index contributed by atoms with van der Waals surface area (Å²) in [6, 6.07) is -3.08. The molecular weight excluding hydrogens is 889 g/mol. The van der Waals surface area contributed by atoms with Gasteiger partial charge in [0.25, 0.3) is 0 Å². The van der Waals surface area contributed by atoms with Gasteiger partial charge in [0.2, 0.25) is 23.6 Å². The molecule has 12 N–H and O–H groups in total. The monoisotopic (exact) mass is 936 g/mol. The van der Waals surface area contributed by atoms with Crippen molar-refractivity contribution in [1.29, 1.82) is 0 Å². The van der Waals surface area contributed by atoms with E-state index in [-0.39, 0.29) is 47.3 Å². The van der Waals surface area contributed by atoms with Crippen molar-refractivity contribution in [1.82, 2.24) is 41.2 Å². The minimum atomic E-state index is -1.46. The molecule has 0 bridgehead atoms. The van der Waals surface area contributed by atoms with Gasteiger partial charge in [0.1, 0.15) is 66.6 Å². The maximum absolute atomic E-state index is 14.1. The summed E-state index contributed by atoms with van der Waals surface area (Å²) < 4.78 is 0. The molecule has 0 aliphatic carbocycles. The minimum absolute atomic E-state index is 0.0349. The van der Waals surface area contributed by atoms with Gasteiger partial charge in [-0.25, -0.2) is 19.9 Å². The summed E-state index contributed by atoms with van der Waals surface area (Å²) in [4.78, 5) is 152. The van der Waals surface area contributed by atoms with E-state index in [1.807, 2.05) is 0 Å². The van der Waals surface area contributed by atoms with E-state index in [4.69, 9.17) is 31.9 Å². The first-order chi connectivity index (χ1) is 30.1. The highest BCUT2D eigenvalue weighted by Crippen LogP contribution is 2.36. The topological polar surface area (TPSA) is 420 Å². The number of rotatable bonds is 30. The first-order valence-electron chi connectivity index (χ1n) is 19.0. The van der Waals surface area contributed by atoms with Crippen LogP contribution in [0.2, 0.25) is 0 Å². The number of amides is 4. The maximum atomic E-state index is 14.1. The van der Waals surface area contributed by atoms with Gasteiger partial charge in [-0.3, -0.25) is 52.7 Å². The number of aromatic nitrogens is 4. The van der Waals surface area contributed by atoms with Gasteiger partial charge < -0.3 is 53.2 Å². The molecule has 0 spiro atoms. The zero-order valence-corrected chi connectivity index (χ0v) is 36.0. The van der Waals surface area contributed by atoms with E-state index in [0.29, 0.717) is 0 Å². The fourth-order valence-electron chi connectivity index (χ4n) is 5.15. The lowest BCUT2D eigenvalue weighted by molar-refractivity contribution is -0.140. The fraction of sp³-hybridized carbons (Fsp3) is 0.486. The summed E-state index contributed by atoms with van der Waals surface area (Å²) in [6.07, 6.45) is 0.0261. The number of Topliss-reactive ketones (excluding diaryl/α,β-unsaturated/α-hetero) is 3. The SMILES string of the molecule is CC(=O)c1cc(C(CC(=O)CC(SC[C@H](NC(=O)CC[C@@H](N)C(=O)O)C(=O)NCC(=O)O)c2nccc(C(C)=O)n2)SC[C@H](NC(=O)CC[C@H](N)C(=O)O)C(=O)NCC(=O)O)ncn1. The van der Waals surface area contributed by atoms with E-state index in [2.05, 4.69) is 41.2 Å². The first-order valence-corrected chi connectivity index (χ1v) is 21.1. The van der Waals surface area contributed by atoms with Crippen molar-refractivity contribution in [3.8, 4) is 0 Å². The molecule has 27 heteroatoms. The van der Waals surface area contributed by atoms with Crippen LogP contribution in [0.1, 0.15) is 95.4 Å². The van der Waals surface area contributed by atoms with Crippen LogP contribution in [0.25, 0.3) is 0 Å². The lowest BCUT2D eigenvalue weighted by Gasteiger charge is -2.23. The highest BCUT2D eigenvalue weighted by Gasteiger charge is 2.30. The number of carboxylic acids is 4. The van der Waals surface area contributed by atoms with Crippen LogP contribution in [0, 0.1) is 0 Å². The van der Waals surface area contributed by atoms with Crippen LogP contribution >= 0.6 is 23.5 Å². The molecule has 2 heterocycles. The second-order valence-electron chi connectivity index (χ2n) is 13.8. The third kappa shape index (κ3) is 19.7. The Morgan fingerprint density at radius 1 is 0.656 bits per heavy atom. The first kappa shape index (κ1) is 53.7. The number of aliphatic carboxylic acids is 4. The lowest BCUT2D eigenvalue weighted by Crippen LogP contribution is -2.49. The zero-order valence-electron chi connectivity index (χ0n) is 34.4. The van der Waals surface area contributed by atoms with Crippen molar-refractivity contribution < 1.29 is 73.2 Å². The second kappa shape index (κ2) is 26.9. The van der Waals surface area contributed by atoms with Crippen LogP contribution in [0.15, 0.2) is 24.7 Å². The Labute approximate surface area is 372 Å². The molecule has 0 aromatic carbocycles. The van der Waals surface area contributed by atoms with Crippen LogP contribution < -0.4 is 32.7 Å². The second-order valence-corrected chi connectivity index (χ2v) is 16.2. The Morgan fingerprint density at radius 2 is 1.12 bits per heavy atom. The van der Waals surface area contributed by atoms with E-state index in [1.165, 1.54) is 32.2 Å². The molecule has 0 aliphatic rings. The van der Waals surface area contributed by atoms with E-state index in [0.717, 1.165) is 29.9 Å². The van der Waals surface area contributed by atoms with Gasteiger partial charge in [-0.15, -0.1) is 23.5 Å². The number of carbonyl (C=O) groups is 11. The van der Waals surface area contributed by atoms with Gasteiger partial charge in [0, 0.05) is 57.2 Å². The molecule has 348 valence electrons. The standard InChI is InChI=1S/C37H48N10O15S2/c1-17(48)22-7-8-40-33(47-22)28(64-15-26(35(58)42-13-32(55)56)46-30(52)6-4-21(39)37(61)62)10-19(50)9-27(24-11-23(18(2)49)43-16-44-24)63-14-25(34(57)41-12-31(53)54)45-29(51)5-3-20(38)36(59)60/h7-8,11,16,20-21,25-28H,3-6,9-10,12-15,38-39H2,1-2H3,(H,41,57)(H,42,58)(H,45,51)(H,46,52)(H,53,54)(H,55,56)(H,59,60)(H,61,62)/t20-,21+,25-,26-,27?,28?/m0/s1. The fourth-order valence-corrected chi connectivity index (χ4v) is 7.64. The van der Waals surface area contributed by atoms with Gasteiger partial charge >= 0.3 is 23.9 Å². The Kier molecular flexibility index (Phi) is 22.6. The molecule has 2 aromatic heterocycles. The highest BCUT2D eigenvalue weighted by atomic mass is 32.2. The summed E-state index contributed by atoms with van der Waals surface area (Å²) in [5.74, 6) is -11.3. The summed E-state index contributed by atoms with van der Waals surface area (Å²) in [6.45, 7) is 0.804. The number of nitrogens with one attached hydrogen (secondary N) is 4. The highest BCUT2D eigenvalue weighted by molar-refractivity contribution is 7.99. The molecule has 64 heavy (non-hydrogen) atoms. The number of thioether (sulfide) groups is 2. The van der Waals surface area contributed by atoms with E-state index < -0.39 is 138 Å². The number of carboxylic acid groups (broad SMARTS) is 4. The average Bonchev–Trinajstić information content (AvgIpc) is 3.24. The van der Waals surface area contributed by atoms with E-state index in [9.17, 15) is 52.7 Å². The van der Waals surface area contributed by atoms with Crippen LogP contribution in [0.4, 0.5) is 0 Å². The number of carbonyl (C=O) groups excluding carboxylic acids is 7. The molecule has 0 radical (unpaired) electrons. The van der Waals surface area contributed by atoms with Gasteiger partial charge in [-0.1, -0.05) is 0 Å². The van der Waals surface area contributed by atoms with Crippen molar-refractivity contribution in [3.63, 3.8) is 0 Å². The third-order valence-electron chi connectivity index (χ3n) is 8.59. The lowest BCUT2D eigenvalue weighted by atomic mass is 10.1. The van der Waals surface area contributed by atoms with Crippen LogP contribution in [-0.4, -0.2) is 154 Å². The van der Waals surface area contributed by atoms with Gasteiger partial charge in [0.05, 0.1) is 16.2 Å². The number of nitrogens with zero attached hydrogens (tertiary/aromatic N) is 4. The zero-order chi connectivity index (χ0) is 48.1. The largest absolute Gasteiger partial charge is 0.480 e. The normalized spacial score (nSPS) is 13.7. The molecule has 0 saturated heterocycles. The summed E-state index contributed by atoms with van der Waals surface area (Å²) >= 11 is 1.77. The van der Waals surface area contributed by atoms with Crippen molar-refractivity contribution in [2.24, 2.45) is 11.5 Å². The number of ketones is 3. The van der Waals surface area contributed by atoms with Crippen molar-refractivity contribution >= 4 is 88.4 Å². The van der Waals surface area contributed by atoms with Crippen molar-refractivity contribution in [2.75, 3.05) is 24.6 Å². The van der Waals surface area contributed by atoms with Gasteiger partial charge in [-0.2, -0.15) is 0 Å². The predicted octanol–water partition coefficient (Wildman–Crippen LogP) is -1.97. The quantitative estimate of drug-likeness (QED) is 0.0380. The maximum Gasteiger partial charge on any atom is 0.322 e. The van der Waals surface area contributed by atoms with Crippen molar-refractivity contribution in [2.45, 2.75) is 87.0 Å². The Balaban J connectivity index is 2.50. The Hall–Kier alpha value is -6.45. The van der Waals surface area contributed by atoms with E-state index in [1.54, 1.807) is 0 Å². The molecule has 0 saturated carbocycles. The minimum Gasteiger partial charge on any atom is -0.480 e. The molecule has 6 atom stereocenters. The molecular formula is C37H48N10O15S2. The van der Waals surface area contributed by atoms with Crippen LogP contribution in [0.3, 0.4) is 0 Å². The molecule has 4 amide bonds. The average molecular weight is 937 g/mol. The Morgan fingerprint density at radius 3 is 1.58 bits per heavy atom. The smallest absolute Gasteiger partial charge is 0.322 e. The van der Waals surface area contributed by atoms with Crippen LogP contribution in [0.5, 0.6) is 0 Å². The predicted molar refractivity (Wildman–Crippen MR) is 224 cm³/mol. The molecule has 0 fully saturated rings. The molecule has 2 rings (SSSR count). The van der Waals surface area contributed by atoms with Crippen LogP contribution in [-0.2, 0) is 43.2 Å². The van der Waals surface area contributed by atoms with Gasteiger partial charge in [-0.05, 0) is 25.0 Å². The third-order valence-corrected chi connectivity index (χ3v) is 11.2. The summed E-state index contributed by atoms with van der Waals surface area (Å²) in [5, 5.41) is 43.5. The van der Waals surface area contributed by atoms with Crippen molar-refractivity contribution in [3.05, 3.63) is 47.6 Å². The number of hydrogen-bond acceptors (Lipinski definition) is 19. The summed E-state index contributed by atoms with van der Waals surface area (Å²) in [5.41, 5.74) is 11.0. The molecule has 25 nitrogen and oxygen atoms in total. The molecule has 2 unspecified atom stereocenters. The summed E-state index contributed by atoms with van der Waals surface area (Å²) in [7, 11) is 0. The van der Waals surface area contributed by atoms with E-state index >= 15 is 0 Å². The van der Waals surface area contributed by atoms with Gasteiger partial charge in [0.15, 0.2) is 11.6 Å². The molecule has 0 aliphatic heterocycles. The Bertz CT molecular complexity index is 1940. The number of hydrogen-bond donors (Lipinski definition) is 10.